The summed E-state index contributed by atoms with van der Waals surface area (Å²) in [6, 6.07) is 31.0. The number of rotatable bonds is 8. The Morgan fingerprint density at radius 2 is 1.75 bits per heavy atom. The first-order chi connectivity index (χ1) is 17.5. The van der Waals surface area contributed by atoms with Gasteiger partial charge >= 0.3 is 0 Å². The third-order valence-electron chi connectivity index (χ3n) is 7.16. The van der Waals surface area contributed by atoms with E-state index in [4.69, 9.17) is 4.74 Å². The zero-order chi connectivity index (χ0) is 25.1. The summed E-state index contributed by atoms with van der Waals surface area (Å²) in [5.41, 5.74) is 3.99. The largest absolute Gasteiger partial charge is 0.482 e. The molecule has 4 aromatic carbocycles. The number of anilines is 1. The molecule has 0 bridgehead atoms. The molecule has 0 amide bonds. The molecule has 4 nitrogen and oxygen atoms in total. The fourth-order valence-corrected chi connectivity index (χ4v) is 5.91. The van der Waals surface area contributed by atoms with Gasteiger partial charge in [-0.15, -0.1) is 0 Å². The lowest BCUT2D eigenvalue weighted by Crippen LogP contribution is -2.39. The van der Waals surface area contributed by atoms with Crippen LogP contribution in [0, 0.1) is 0 Å². The van der Waals surface area contributed by atoms with Crippen molar-refractivity contribution in [1.82, 2.24) is 5.32 Å². The molecule has 0 fully saturated rings. The van der Waals surface area contributed by atoms with E-state index >= 15 is 0 Å². The Morgan fingerprint density at radius 3 is 2.53 bits per heavy atom. The Kier molecular flexibility index (Phi) is 7.15. The first kappa shape index (κ1) is 24.6. The maximum atomic E-state index is 12.9. The Bertz CT molecular complexity index is 1400. The lowest BCUT2D eigenvalue weighted by Gasteiger charge is -2.41. The molecule has 0 saturated heterocycles. The fraction of sp³-hybridized carbons (Fsp3) is 0.226. The molecule has 0 saturated carbocycles. The fourth-order valence-electron chi connectivity index (χ4n) is 5.50. The van der Waals surface area contributed by atoms with Gasteiger partial charge in [0.25, 0.3) is 0 Å². The van der Waals surface area contributed by atoms with Crippen molar-refractivity contribution in [3.05, 3.63) is 124 Å². The molecular formula is C31H31BrN2O2. The average Bonchev–Trinajstić information content (AvgIpc) is 2.92. The second kappa shape index (κ2) is 10.5. The second-order valence-corrected chi connectivity index (χ2v) is 10.2. The number of methoxy groups -OCH3 is 1. The van der Waals surface area contributed by atoms with Crippen molar-refractivity contribution >= 4 is 32.4 Å². The van der Waals surface area contributed by atoms with Crippen LogP contribution in [-0.4, -0.2) is 25.8 Å². The van der Waals surface area contributed by atoms with Gasteiger partial charge in [-0.2, -0.15) is 0 Å². The lowest BCUT2D eigenvalue weighted by atomic mass is 9.69. The van der Waals surface area contributed by atoms with Crippen LogP contribution in [0.15, 0.2) is 107 Å². The van der Waals surface area contributed by atoms with Crippen LogP contribution < -0.4 is 10.6 Å². The third kappa shape index (κ3) is 4.55. The van der Waals surface area contributed by atoms with Crippen LogP contribution in [0.4, 0.5) is 5.69 Å². The van der Waals surface area contributed by atoms with E-state index in [1.54, 1.807) is 7.11 Å². The topological polar surface area (TPSA) is 53.5 Å². The highest BCUT2D eigenvalue weighted by Gasteiger charge is 2.44. The van der Waals surface area contributed by atoms with E-state index in [0.717, 1.165) is 43.2 Å². The number of benzene rings is 4. The van der Waals surface area contributed by atoms with Gasteiger partial charge in [-0.25, -0.2) is 0 Å². The molecule has 1 aliphatic rings. The number of nitrogens with one attached hydrogen (secondary N) is 2. The lowest BCUT2D eigenvalue weighted by molar-refractivity contribution is 0.00921. The van der Waals surface area contributed by atoms with Crippen molar-refractivity contribution in [2.45, 2.75) is 24.4 Å². The van der Waals surface area contributed by atoms with Gasteiger partial charge in [0, 0.05) is 28.1 Å². The van der Waals surface area contributed by atoms with Crippen LogP contribution >= 0.6 is 15.9 Å². The van der Waals surface area contributed by atoms with Gasteiger partial charge < -0.3 is 20.5 Å². The standard InChI is InChI=1S/C31H31BrN2O2/c1-33-18-17-31(35,27-14-8-12-21-9-6-7-13-25(21)27)29(22-10-4-3-5-11-22)26-20-23-19-24(32)15-16-28(23)34-30(26)36-2/h3-16,19,29,33-35H,17-18,20H2,1-2H3/t29?,31-/m1/s1. The van der Waals surface area contributed by atoms with E-state index in [-0.39, 0.29) is 5.92 Å². The molecule has 1 aliphatic heterocycles. The Labute approximate surface area is 221 Å². The molecule has 0 aromatic heterocycles. The summed E-state index contributed by atoms with van der Waals surface area (Å²) >= 11 is 3.63. The molecule has 0 aliphatic carbocycles. The maximum Gasteiger partial charge on any atom is 0.191 e. The summed E-state index contributed by atoms with van der Waals surface area (Å²) in [4.78, 5) is 0. The van der Waals surface area contributed by atoms with E-state index in [9.17, 15) is 5.11 Å². The molecule has 36 heavy (non-hydrogen) atoms. The highest BCUT2D eigenvalue weighted by molar-refractivity contribution is 9.10. The molecule has 5 heteroatoms. The number of halogens is 1. The minimum atomic E-state index is -1.20. The molecule has 5 rings (SSSR count). The zero-order valence-electron chi connectivity index (χ0n) is 20.6. The second-order valence-electron chi connectivity index (χ2n) is 9.31. The molecule has 0 spiro atoms. The van der Waals surface area contributed by atoms with Crippen molar-refractivity contribution in [2.24, 2.45) is 0 Å². The van der Waals surface area contributed by atoms with Gasteiger partial charge in [-0.05, 0) is 65.7 Å². The molecule has 4 aromatic rings. The van der Waals surface area contributed by atoms with E-state index in [1.807, 2.05) is 49.5 Å². The van der Waals surface area contributed by atoms with Crippen molar-refractivity contribution in [1.29, 1.82) is 0 Å². The number of hydrogen-bond donors (Lipinski definition) is 3. The van der Waals surface area contributed by atoms with Gasteiger partial charge in [0.15, 0.2) is 5.88 Å². The van der Waals surface area contributed by atoms with Gasteiger partial charge in [0.1, 0.15) is 5.60 Å². The summed E-state index contributed by atoms with van der Waals surface area (Å²) < 4.78 is 6.97. The van der Waals surface area contributed by atoms with E-state index in [2.05, 4.69) is 75.1 Å². The molecular weight excluding hydrogens is 512 g/mol. The Morgan fingerprint density at radius 1 is 1.00 bits per heavy atom. The van der Waals surface area contributed by atoms with E-state index in [1.165, 1.54) is 0 Å². The summed E-state index contributed by atoms with van der Waals surface area (Å²) in [6.07, 6.45) is 1.19. The van der Waals surface area contributed by atoms with Crippen LogP contribution in [0.3, 0.4) is 0 Å². The van der Waals surface area contributed by atoms with Crippen LogP contribution in [0.5, 0.6) is 0 Å². The Balaban J connectivity index is 1.76. The number of aliphatic hydroxyl groups is 1. The Hall–Kier alpha value is -3.12. The molecule has 1 unspecified atom stereocenters. The smallest absolute Gasteiger partial charge is 0.191 e. The molecule has 0 radical (unpaired) electrons. The predicted octanol–water partition coefficient (Wildman–Crippen LogP) is 6.71. The number of fused-ring (bicyclic) bond motifs is 2. The average molecular weight is 544 g/mol. The van der Waals surface area contributed by atoms with E-state index in [0.29, 0.717) is 25.3 Å². The van der Waals surface area contributed by atoms with Gasteiger partial charge in [0.05, 0.1) is 7.11 Å². The summed E-state index contributed by atoms with van der Waals surface area (Å²) in [5.74, 6) is 0.356. The normalized spacial score (nSPS) is 15.7. The SMILES string of the molecule is CNCC[C@@](O)(c1cccc2ccccc12)C(C1=C(OC)Nc2ccc(Br)cc2C1)c1ccccc1. The van der Waals surface area contributed by atoms with Crippen LogP contribution in [-0.2, 0) is 16.8 Å². The van der Waals surface area contributed by atoms with Crippen molar-refractivity contribution in [3.8, 4) is 0 Å². The van der Waals surface area contributed by atoms with Crippen molar-refractivity contribution < 1.29 is 9.84 Å². The summed E-state index contributed by atoms with van der Waals surface area (Å²) in [5, 5.41) is 21.9. The molecule has 184 valence electrons. The minimum Gasteiger partial charge on any atom is -0.482 e. The quantitative estimate of drug-likeness (QED) is 0.231. The maximum absolute atomic E-state index is 12.9. The summed E-state index contributed by atoms with van der Waals surface area (Å²) in [6.45, 7) is 0.661. The molecule has 1 heterocycles. The number of hydrogen-bond acceptors (Lipinski definition) is 4. The molecule has 3 N–H and O–H groups in total. The highest BCUT2D eigenvalue weighted by Crippen LogP contribution is 2.49. The summed E-state index contributed by atoms with van der Waals surface area (Å²) in [7, 11) is 3.62. The van der Waals surface area contributed by atoms with Crippen molar-refractivity contribution in [2.75, 3.05) is 26.0 Å². The zero-order valence-corrected chi connectivity index (χ0v) is 22.2. The van der Waals surface area contributed by atoms with E-state index < -0.39 is 5.60 Å². The van der Waals surface area contributed by atoms with Gasteiger partial charge in [-0.3, -0.25) is 0 Å². The highest BCUT2D eigenvalue weighted by atomic mass is 79.9. The van der Waals surface area contributed by atoms with Crippen LogP contribution in [0.2, 0.25) is 0 Å². The monoisotopic (exact) mass is 542 g/mol. The third-order valence-corrected chi connectivity index (χ3v) is 7.66. The first-order valence-electron chi connectivity index (χ1n) is 12.3. The molecule has 2 atom stereocenters. The number of ether oxygens (including phenoxy) is 1. The first-order valence-corrected chi connectivity index (χ1v) is 13.1. The van der Waals surface area contributed by atoms with Crippen LogP contribution in [0.25, 0.3) is 10.8 Å². The minimum absolute atomic E-state index is 0.340. The van der Waals surface area contributed by atoms with Gasteiger partial charge in [-0.1, -0.05) is 88.7 Å². The van der Waals surface area contributed by atoms with Gasteiger partial charge in [0.2, 0.25) is 0 Å². The van der Waals surface area contributed by atoms with Crippen molar-refractivity contribution in [3.63, 3.8) is 0 Å². The van der Waals surface area contributed by atoms with Crippen LogP contribution in [0.1, 0.15) is 29.0 Å². The predicted molar refractivity (Wildman–Crippen MR) is 151 cm³/mol.